The van der Waals surface area contributed by atoms with E-state index in [0.29, 0.717) is 5.92 Å². The second kappa shape index (κ2) is 7.65. The van der Waals surface area contributed by atoms with Gasteiger partial charge in [-0.2, -0.15) is 0 Å². The summed E-state index contributed by atoms with van der Waals surface area (Å²) in [6.07, 6.45) is 5.03. The molecule has 1 aliphatic rings. The Hall–Kier alpha value is -0.880. The Bertz CT molecular complexity index is 396. The molecule has 0 radical (unpaired) electrons. The molecule has 0 aliphatic carbocycles. The van der Waals surface area contributed by atoms with Crippen molar-refractivity contribution in [1.29, 1.82) is 0 Å². The van der Waals surface area contributed by atoms with Gasteiger partial charge in [-0.15, -0.1) is 0 Å². The number of hydrogen-bond acceptors (Lipinski definition) is 5. The summed E-state index contributed by atoms with van der Waals surface area (Å²) in [4.78, 5) is 8.52. The third-order valence-electron chi connectivity index (χ3n) is 3.14. The SMILES string of the molecule is CCCNc1ncnc(NCC2CCCOC2)c1Br. The molecule has 106 valence electrons. The predicted octanol–water partition coefficient (Wildman–Crippen LogP) is 2.90. The van der Waals surface area contributed by atoms with Crippen LogP contribution in [0.3, 0.4) is 0 Å². The fourth-order valence-corrected chi connectivity index (χ4v) is 2.55. The van der Waals surface area contributed by atoms with E-state index in [9.17, 15) is 0 Å². The second-order valence-corrected chi connectivity index (χ2v) is 5.57. The fourth-order valence-electron chi connectivity index (χ4n) is 2.07. The van der Waals surface area contributed by atoms with Gasteiger partial charge in [0.1, 0.15) is 22.4 Å². The molecule has 2 N–H and O–H groups in total. The largest absolute Gasteiger partial charge is 0.381 e. The van der Waals surface area contributed by atoms with Gasteiger partial charge in [-0.05, 0) is 41.1 Å². The van der Waals surface area contributed by atoms with Crippen LogP contribution in [0, 0.1) is 5.92 Å². The zero-order valence-corrected chi connectivity index (χ0v) is 12.9. The Morgan fingerprint density at radius 3 is 2.84 bits per heavy atom. The van der Waals surface area contributed by atoms with Crippen LogP contribution in [-0.2, 0) is 4.74 Å². The molecule has 5 nitrogen and oxygen atoms in total. The number of aromatic nitrogens is 2. The molecule has 0 amide bonds. The number of rotatable bonds is 6. The molecule has 1 aromatic heterocycles. The minimum atomic E-state index is 0.572. The number of anilines is 2. The summed E-state index contributed by atoms with van der Waals surface area (Å²) in [6, 6.07) is 0. The zero-order valence-electron chi connectivity index (χ0n) is 11.3. The normalized spacial score (nSPS) is 19.2. The zero-order chi connectivity index (χ0) is 13.5. The maximum atomic E-state index is 5.48. The maximum Gasteiger partial charge on any atom is 0.145 e. The van der Waals surface area contributed by atoms with Crippen LogP contribution >= 0.6 is 15.9 Å². The van der Waals surface area contributed by atoms with Gasteiger partial charge in [-0.1, -0.05) is 6.92 Å². The summed E-state index contributed by atoms with van der Waals surface area (Å²) in [5, 5.41) is 6.66. The van der Waals surface area contributed by atoms with Crippen molar-refractivity contribution in [1.82, 2.24) is 9.97 Å². The molecule has 1 saturated heterocycles. The summed E-state index contributed by atoms with van der Waals surface area (Å²) < 4.78 is 6.38. The lowest BCUT2D eigenvalue weighted by molar-refractivity contribution is 0.0595. The third kappa shape index (κ3) is 4.31. The summed E-state index contributed by atoms with van der Waals surface area (Å²) in [6.45, 7) is 5.67. The van der Waals surface area contributed by atoms with Gasteiger partial charge in [0.15, 0.2) is 0 Å². The summed E-state index contributed by atoms with van der Waals surface area (Å²) in [5.41, 5.74) is 0. The van der Waals surface area contributed by atoms with Crippen molar-refractivity contribution < 1.29 is 4.74 Å². The lowest BCUT2D eigenvalue weighted by atomic mass is 10.0. The van der Waals surface area contributed by atoms with Gasteiger partial charge >= 0.3 is 0 Å². The molecule has 6 heteroatoms. The molecular weight excluding hydrogens is 308 g/mol. The fraction of sp³-hybridized carbons (Fsp3) is 0.692. The number of nitrogens with one attached hydrogen (secondary N) is 2. The first-order valence-corrected chi connectivity index (χ1v) is 7.66. The first kappa shape index (κ1) is 14.5. The minimum absolute atomic E-state index is 0.572. The topological polar surface area (TPSA) is 59.1 Å². The number of nitrogens with zero attached hydrogens (tertiary/aromatic N) is 2. The van der Waals surface area contributed by atoms with Crippen molar-refractivity contribution in [2.75, 3.05) is 36.9 Å². The molecule has 0 bridgehead atoms. The van der Waals surface area contributed by atoms with E-state index in [4.69, 9.17) is 4.74 Å². The van der Waals surface area contributed by atoms with Crippen LogP contribution in [0.4, 0.5) is 11.6 Å². The van der Waals surface area contributed by atoms with E-state index in [1.54, 1.807) is 6.33 Å². The van der Waals surface area contributed by atoms with Crippen LogP contribution in [0.2, 0.25) is 0 Å². The quantitative estimate of drug-likeness (QED) is 0.840. The molecule has 19 heavy (non-hydrogen) atoms. The second-order valence-electron chi connectivity index (χ2n) is 4.78. The highest BCUT2D eigenvalue weighted by Crippen LogP contribution is 2.27. The Kier molecular flexibility index (Phi) is 5.85. The molecule has 1 unspecified atom stereocenters. The van der Waals surface area contributed by atoms with Gasteiger partial charge in [0.05, 0.1) is 6.61 Å². The molecule has 0 saturated carbocycles. The molecule has 2 heterocycles. The van der Waals surface area contributed by atoms with Crippen molar-refractivity contribution >= 4 is 27.6 Å². The van der Waals surface area contributed by atoms with Crippen molar-refractivity contribution in [2.45, 2.75) is 26.2 Å². The van der Waals surface area contributed by atoms with Crippen LogP contribution in [0.15, 0.2) is 10.8 Å². The highest BCUT2D eigenvalue weighted by Gasteiger charge is 2.15. The standard InChI is InChI=1S/C13H21BrN4O/c1-2-5-15-12-11(14)13(18-9-17-12)16-7-10-4-3-6-19-8-10/h9-10H,2-8H2,1H3,(H2,15,16,17,18). The lowest BCUT2D eigenvalue weighted by Crippen LogP contribution is -2.24. The first-order valence-electron chi connectivity index (χ1n) is 6.87. The van der Waals surface area contributed by atoms with Gasteiger partial charge in [0, 0.05) is 19.7 Å². The van der Waals surface area contributed by atoms with Crippen molar-refractivity contribution in [3.05, 3.63) is 10.8 Å². The van der Waals surface area contributed by atoms with Gasteiger partial charge in [-0.25, -0.2) is 9.97 Å². The smallest absolute Gasteiger partial charge is 0.145 e. The van der Waals surface area contributed by atoms with Gasteiger partial charge in [-0.3, -0.25) is 0 Å². The summed E-state index contributed by atoms with van der Waals surface area (Å²) in [5.74, 6) is 2.26. The van der Waals surface area contributed by atoms with Crippen molar-refractivity contribution in [3.8, 4) is 0 Å². The Morgan fingerprint density at radius 2 is 2.16 bits per heavy atom. The monoisotopic (exact) mass is 328 g/mol. The average molecular weight is 329 g/mol. The van der Waals surface area contributed by atoms with E-state index in [-0.39, 0.29) is 0 Å². The molecule has 1 atom stereocenters. The highest BCUT2D eigenvalue weighted by molar-refractivity contribution is 9.10. The number of hydrogen-bond donors (Lipinski definition) is 2. The molecule has 0 aromatic carbocycles. The molecule has 0 spiro atoms. The van der Waals surface area contributed by atoms with Crippen LogP contribution < -0.4 is 10.6 Å². The van der Waals surface area contributed by atoms with Gasteiger partial charge in [0.25, 0.3) is 0 Å². The van der Waals surface area contributed by atoms with E-state index in [0.717, 1.165) is 55.3 Å². The average Bonchev–Trinajstić information content (AvgIpc) is 2.46. The minimum Gasteiger partial charge on any atom is -0.381 e. The van der Waals surface area contributed by atoms with Crippen molar-refractivity contribution in [2.24, 2.45) is 5.92 Å². The summed E-state index contributed by atoms with van der Waals surface area (Å²) in [7, 11) is 0. The van der Waals surface area contributed by atoms with E-state index in [2.05, 4.69) is 43.5 Å². The first-order chi connectivity index (χ1) is 9.31. The third-order valence-corrected chi connectivity index (χ3v) is 3.90. The maximum absolute atomic E-state index is 5.48. The van der Waals surface area contributed by atoms with Crippen LogP contribution in [0.25, 0.3) is 0 Å². The van der Waals surface area contributed by atoms with Crippen LogP contribution in [0.5, 0.6) is 0 Å². The number of halogens is 1. The molecule has 1 aliphatic heterocycles. The van der Waals surface area contributed by atoms with Crippen LogP contribution in [0.1, 0.15) is 26.2 Å². The van der Waals surface area contributed by atoms with Crippen molar-refractivity contribution in [3.63, 3.8) is 0 Å². The summed E-state index contributed by atoms with van der Waals surface area (Å²) >= 11 is 3.56. The molecule has 2 rings (SSSR count). The molecule has 1 aromatic rings. The predicted molar refractivity (Wildman–Crippen MR) is 80.5 cm³/mol. The van der Waals surface area contributed by atoms with E-state index in [1.807, 2.05) is 0 Å². The molecular formula is C13H21BrN4O. The van der Waals surface area contributed by atoms with E-state index < -0.39 is 0 Å². The van der Waals surface area contributed by atoms with E-state index >= 15 is 0 Å². The molecule has 1 fully saturated rings. The Balaban J connectivity index is 1.91. The Morgan fingerprint density at radius 1 is 1.37 bits per heavy atom. The van der Waals surface area contributed by atoms with Crippen LogP contribution in [-0.4, -0.2) is 36.3 Å². The lowest BCUT2D eigenvalue weighted by Gasteiger charge is -2.22. The van der Waals surface area contributed by atoms with Gasteiger partial charge < -0.3 is 15.4 Å². The van der Waals surface area contributed by atoms with E-state index in [1.165, 1.54) is 6.42 Å². The van der Waals surface area contributed by atoms with Gasteiger partial charge in [0.2, 0.25) is 0 Å². The number of ether oxygens (including phenoxy) is 1. The highest BCUT2D eigenvalue weighted by atomic mass is 79.9. The Labute approximate surface area is 122 Å².